The van der Waals surface area contributed by atoms with Crippen LogP contribution >= 0.6 is 0 Å². The lowest BCUT2D eigenvalue weighted by Gasteiger charge is -2.30. The molecule has 1 aromatic carbocycles. The first-order valence-corrected chi connectivity index (χ1v) is 9.69. The van der Waals surface area contributed by atoms with Gasteiger partial charge in [-0.05, 0) is 12.5 Å². The lowest BCUT2D eigenvalue weighted by Crippen LogP contribution is -2.35. The molecule has 30 heavy (non-hydrogen) atoms. The molecule has 1 saturated heterocycles. The molecule has 0 saturated carbocycles. The van der Waals surface area contributed by atoms with Gasteiger partial charge < -0.3 is 30.1 Å². The third kappa shape index (κ3) is 3.42. The summed E-state index contributed by atoms with van der Waals surface area (Å²) in [6, 6.07) is 9.04. The number of aliphatic hydroxyl groups is 4. The fourth-order valence-electron chi connectivity index (χ4n) is 3.73. The molecule has 6 atom stereocenters. The minimum atomic E-state index is -1.24. The number of ether oxygens (including phenoxy) is 1. The van der Waals surface area contributed by atoms with Crippen LogP contribution in [0.3, 0.4) is 0 Å². The summed E-state index contributed by atoms with van der Waals surface area (Å²) >= 11 is 0. The summed E-state index contributed by atoms with van der Waals surface area (Å²) in [6.45, 7) is 1.47. The van der Waals surface area contributed by atoms with E-state index in [0.29, 0.717) is 17.0 Å². The van der Waals surface area contributed by atoms with Gasteiger partial charge in [-0.2, -0.15) is 0 Å². The summed E-state index contributed by atoms with van der Waals surface area (Å²) in [6.07, 6.45) is -2.22. The summed E-state index contributed by atoms with van der Waals surface area (Å²) in [5, 5.41) is 40.5. The Balaban J connectivity index is 1.65. The molecule has 10 heteroatoms. The molecule has 10 nitrogen and oxygen atoms in total. The molecule has 4 rings (SSSR count). The number of aliphatic hydroxyl groups excluding tert-OH is 4. The van der Waals surface area contributed by atoms with Gasteiger partial charge in [-0.1, -0.05) is 30.3 Å². The van der Waals surface area contributed by atoms with Crippen LogP contribution in [0, 0.1) is 0 Å². The maximum Gasteiger partial charge on any atom is 0.167 e. The molecule has 0 aliphatic carbocycles. The quantitative estimate of drug-likeness (QED) is 0.438. The van der Waals surface area contributed by atoms with Gasteiger partial charge in [-0.15, -0.1) is 0 Å². The number of hydrogen-bond acceptors (Lipinski definition) is 9. The summed E-state index contributed by atoms with van der Waals surface area (Å²) in [7, 11) is 1.81. The van der Waals surface area contributed by atoms with Gasteiger partial charge >= 0.3 is 0 Å². The van der Waals surface area contributed by atoms with Gasteiger partial charge in [0, 0.05) is 7.05 Å². The second kappa shape index (κ2) is 8.25. The van der Waals surface area contributed by atoms with Crippen molar-refractivity contribution in [2.45, 2.75) is 43.6 Å². The minimum absolute atomic E-state index is 0.315. The first kappa shape index (κ1) is 20.6. The Labute approximate surface area is 173 Å². The maximum atomic E-state index is 10.8. The van der Waals surface area contributed by atoms with Crippen molar-refractivity contribution >= 4 is 17.0 Å². The second-order valence-corrected chi connectivity index (χ2v) is 7.46. The highest BCUT2D eigenvalue weighted by Crippen LogP contribution is 2.33. The van der Waals surface area contributed by atoms with Gasteiger partial charge in [0.15, 0.2) is 23.2 Å². The summed E-state index contributed by atoms with van der Waals surface area (Å²) < 4.78 is 7.10. The van der Waals surface area contributed by atoms with E-state index in [0.717, 1.165) is 5.56 Å². The highest BCUT2D eigenvalue weighted by atomic mass is 16.6. The second-order valence-electron chi connectivity index (χ2n) is 7.46. The predicted octanol–water partition coefficient (Wildman–Crippen LogP) is -0.00390. The van der Waals surface area contributed by atoms with Gasteiger partial charge in [0.1, 0.15) is 24.6 Å². The van der Waals surface area contributed by atoms with Crippen molar-refractivity contribution in [2.75, 3.05) is 18.6 Å². The number of rotatable bonds is 6. The average molecular weight is 415 g/mol. The van der Waals surface area contributed by atoms with E-state index < -0.39 is 37.3 Å². The molecule has 2 aromatic heterocycles. The Morgan fingerprint density at radius 3 is 2.53 bits per heavy atom. The summed E-state index contributed by atoms with van der Waals surface area (Å²) in [5.41, 5.74) is 1.66. The highest BCUT2D eigenvalue weighted by Gasteiger charge is 2.44. The van der Waals surface area contributed by atoms with E-state index in [1.165, 1.54) is 17.2 Å². The topological polar surface area (TPSA) is 137 Å². The van der Waals surface area contributed by atoms with Gasteiger partial charge in [-0.3, -0.25) is 4.57 Å². The van der Waals surface area contributed by atoms with E-state index in [2.05, 4.69) is 15.0 Å². The van der Waals surface area contributed by atoms with Gasteiger partial charge in [0.2, 0.25) is 0 Å². The number of fused-ring (bicyclic) bond motifs is 1. The van der Waals surface area contributed by atoms with Crippen LogP contribution in [0.5, 0.6) is 0 Å². The SMILES string of the molecule is C[C@H]([C@@H](O)c1ccccc1)N(C)c1ncnc2c1ncn2[C@@H]1O[C@H](CO)C(O)C1O. The molecule has 0 spiro atoms. The van der Waals surface area contributed by atoms with Crippen LogP contribution in [0.25, 0.3) is 11.2 Å². The Morgan fingerprint density at radius 2 is 1.87 bits per heavy atom. The van der Waals surface area contributed by atoms with E-state index in [1.807, 2.05) is 49.2 Å². The Kier molecular flexibility index (Phi) is 5.67. The van der Waals surface area contributed by atoms with E-state index in [-0.39, 0.29) is 6.04 Å². The number of nitrogens with zero attached hydrogens (tertiary/aromatic N) is 5. The smallest absolute Gasteiger partial charge is 0.167 e. The number of likely N-dealkylation sites (N-methyl/N-ethyl adjacent to an activating group) is 1. The third-order valence-corrected chi connectivity index (χ3v) is 5.67. The zero-order valence-corrected chi connectivity index (χ0v) is 16.6. The van der Waals surface area contributed by atoms with Crippen molar-refractivity contribution < 1.29 is 25.2 Å². The Hall–Kier alpha value is -2.63. The Bertz CT molecular complexity index is 1000. The van der Waals surface area contributed by atoms with Gasteiger partial charge in [0.05, 0.1) is 25.1 Å². The van der Waals surface area contributed by atoms with Crippen molar-refractivity contribution in [1.29, 1.82) is 0 Å². The summed E-state index contributed by atoms with van der Waals surface area (Å²) in [4.78, 5) is 14.8. The predicted molar refractivity (Wildman–Crippen MR) is 108 cm³/mol. The van der Waals surface area contributed by atoms with E-state index in [4.69, 9.17) is 4.74 Å². The molecule has 3 aromatic rings. The fourth-order valence-corrected chi connectivity index (χ4v) is 3.73. The molecule has 160 valence electrons. The molecule has 0 amide bonds. The van der Waals surface area contributed by atoms with Crippen molar-refractivity contribution in [3.8, 4) is 0 Å². The molecule has 1 aliphatic rings. The van der Waals surface area contributed by atoms with Crippen LogP contribution in [-0.2, 0) is 4.74 Å². The first-order valence-electron chi connectivity index (χ1n) is 9.69. The molecule has 3 heterocycles. The number of anilines is 1. The molecular weight excluding hydrogens is 390 g/mol. The standard InChI is InChI=1S/C20H25N5O5/c1-11(15(27)12-6-4-3-5-7-12)24(2)18-14-19(22-9-21-18)25(10-23-14)20-17(29)16(28)13(8-26)30-20/h3-7,9-11,13,15-17,20,26-29H,8H2,1-2H3/t11-,13-,15-,16?,17?,20-/m1/s1. The van der Waals surface area contributed by atoms with E-state index >= 15 is 0 Å². The largest absolute Gasteiger partial charge is 0.394 e. The molecule has 0 radical (unpaired) electrons. The minimum Gasteiger partial charge on any atom is -0.394 e. The first-order chi connectivity index (χ1) is 14.4. The van der Waals surface area contributed by atoms with Crippen molar-refractivity contribution in [2.24, 2.45) is 0 Å². The van der Waals surface area contributed by atoms with Gasteiger partial charge in [-0.25, -0.2) is 15.0 Å². The van der Waals surface area contributed by atoms with E-state index in [1.54, 1.807) is 0 Å². The number of hydrogen-bond donors (Lipinski definition) is 4. The molecule has 1 fully saturated rings. The average Bonchev–Trinajstić information content (AvgIpc) is 3.33. The lowest BCUT2D eigenvalue weighted by atomic mass is 10.0. The van der Waals surface area contributed by atoms with E-state index in [9.17, 15) is 20.4 Å². The fraction of sp³-hybridized carbons (Fsp3) is 0.450. The number of aromatic nitrogens is 4. The lowest BCUT2D eigenvalue weighted by molar-refractivity contribution is -0.0511. The maximum absolute atomic E-state index is 10.8. The molecule has 1 aliphatic heterocycles. The zero-order valence-electron chi connectivity index (χ0n) is 16.6. The summed E-state index contributed by atoms with van der Waals surface area (Å²) in [5.74, 6) is 0.507. The van der Waals surface area contributed by atoms with Crippen molar-refractivity contribution in [1.82, 2.24) is 19.5 Å². The zero-order chi connectivity index (χ0) is 21.4. The van der Waals surface area contributed by atoms with Crippen LogP contribution in [-0.4, -0.2) is 78.0 Å². The number of benzene rings is 1. The van der Waals surface area contributed by atoms with Crippen LogP contribution < -0.4 is 4.90 Å². The van der Waals surface area contributed by atoms with Crippen LogP contribution in [0.1, 0.15) is 24.8 Å². The van der Waals surface area contributed by atoms with Crippen molar-refractivity contribution in [3.63, 3.8) is 0 Å². The van der Waals surface area contributed by atoms with Crippen LogP contribution in [0.15, 0.2) is 43.0 Å². The highest BCUT2D eigenvalue weighted by molar-refractivity contribution is 5.83. The van der Waals surface area contributed by atoms with Gasteiger partial charge in [0.25, 0.3) is 0 Å². The monoisotopic (exact) mass is 415 g/mol. The van der Waals surface area contributed by atoms with Crippen LogP contribution in [0.2, 0.25) is 0 Å². The molecule has 4 N–H and O–H groups in total. The Morgan fingerprint density at radius 1 is 1.13 bits per heavy atom. The van der Waals surface area contributed by atoms with Crippen molar-refractivity contribution in [3.05, 3.63) is 48.5 Å². The third-order valence-electron chi connectivity index (χ3n) is 5.67. The van der Waals surface area contributed by atoms with Crippen LogP contribution in [0.4, 0.5) is 5.82 Å². The molecule has 2 unspecified atom stereocenters. The normalized spacial score (nSPS) is 26.1. The number of imidazole rings is 1. The molecular formula is C20H25N5O5. The molecule has 0 bridgehead atoms.